The van der Waals surface area contributed by atoms with Crippen molar-refractivity contribution < 1.29 is 19.4 Å². The molecule has 0 aromatic carbocycles. The van der Waals surface area contributed by atoms with Gasteiger partial charge in [-0.1, -0.05) is 0 Å². The molecule has 1 aromatic heterocycles. The maximum atomic E-state index is 11.7. The number of nitrogens with zero attached hydrogens (tertiary/aromatic N) is 1. The molecule has 0 radical (unpaired) electrons. The van der Waals surface area contributed by atoms with Crippen molar-refractivity contribution in [1.29, 1.82) is 0 Å². The van der Waals surface area contributed by atoms with Gasteiger partial charge in [-0.25, -0.2) is 4.98 Å². The van der Waals surface area contributed by atoms with Gasteiger partial charge in [-0.2, -0.15) is 0 Å². The highest BCUT2D eigenvalue weighted by molar-refractivity contribution is 5.95. The van der Waals surface area contributed by atoms with E-state index in [1.807, 2.05) is 0 Å². The number of ether oxygens (including phenoxy) is 1. The summed E-state index contributed by atoms with van der Waals surface area (Å²) in [6, 6.07) is 3.29. The van der Waals surface area contributed by atoms with Crippen molar-refractivity contribution in [2.75, 3.05) is 7.11 Å². The summed E-state index contributed by atoms with van der Waals surface area (Å²) in [6.45, 7) is 0. The Morgan fingerprint density at radius 1 is 1.29 bits per heavy atom. The Kier molecular flexibility index (Phi) is 5.13. The molecule has 0 unspecified atom stereocenters. The maximum Gasteiger partial charge on any atom is 0.303 e. The Bertz CT molecular complexity index is 386. The van der Waals surface area contributed by atoms with Crippen molar-refractivity contribution in [3.05, 3.63) is 23.9 Å². The number of carbonyl (C=O) groups excluding carboxylic acids is 1. The molecule has 17 heavy (non-hydrogen) atoms. The number of Topliss-reactive ketones (excluding diaryl/α,β-unsaturated/α-hetero) is 1. The average Bonchev–Trinajstić information content (AvgIpc) is 2.34. The van der Waals surface area contributed by atoms with Gasteiger partial charge in [0.2, 0.25) is 5.88 Å². The molecule has 0 spiro atoms. The number of hydrogen-bond donors (Lipinski definition) is 1. The average molecular weight is 237 g/mol. The SMILES string of the molecule is COc1ccc(C(=O)CCCCC(=O)O)cn1. The third-order valence-corrected chi connectivity index (χ3v) is 2.31. The van der Waals surface area contributed by atoms with Crippen molar-refractivity contribution in [2.24, 2.45) is 0 Å². The molecule has 0 aliphatic rings. The van der Waals surface area contributed by atoms with E-state index >= 15 is 0 Å². The fourth-order valence-corrected chi connectivity index (χ4v) is 1.37. The van der Waals surface area contributed by atoms with Gasteiger partial charge in [0, 0.05) is 30.7 Å². The second kappa shape index (κ2) is 6.62. The zero-order valence-electron chi connectivity index (χ0n) is 9.68. The van der Waals surface area contributed by atoms with Crippen LogP contribution >= 0.6 is 0 Å². The maximum absolute atomic E-state index is 11.7. The molecule has 0 aliphatic heterocycles. The smallest absolute Gasteiger partial charge is 0.303 e. The first-order chi connectivity index (χ1) is 8.13. The fraction of sp³-hybridized carbons (Fsp3) is 0.417. The van der Waals surface area contributed by atoms with Crippen molar-refractivity contribution in [1.82, 2.24) is 4.98 Å². The first-order valence-electron chi connectivity index (χ1n) is 5.38. The van der Waals surface area contributed by atoms with Gasteiger partial charge in [0.15, 0.2) is 5.78 Å². The van der Waals surface area contributed by atoms with E-state index in [4.69, 9.17) is 9.84 Å². The van der Waals surface area contributed by atoms with Gasteiger partial charge in [0.05, 0.1) is 7.11 Å². The summed E-state index contributed by atoms with van der Waals surface area (Å²) < 4.78 is 4.89. The molecule has 0 atom stereocenters. The van der Waals surface area contributed by atoms with E-state index in [2.05, 4.69) is 4.98 Å². The summed E-state index contributed by atoms with van der Waals surface area (Å²) in [7, 11) is 1.51. The lowest BCUT2D eigenvalue weighted by molar-refractivity contribution is -0.137. The lowest BCUT2D eigenvalue weighted by Gasteiger charge is -2.01. The Balaban J connectivity index is 2.38. The van der Waals surface area contributed by atoms with E-state index in [0.717, 1.165) is 0 Å². The number of ketones is 1. The molecule has 0 saturated carbocycles. The van der Waals surface area contributed by atoms with Gasteiger partial charge >= 0.3 is 5.97 Å². The minimum atomic E-state index is -0.830. The number of rotatable bonds is 7. The highest BCUT2D eigenvalue weighted by Gasteiger charge is 2.07. The van der Waals surface area contributed by atoms with Crippen molar-refractivity contribution in [2.45, 2.75) is 25.7 Å². The number of carboxylic acid groups (broad SMARTS) is 1. The van der Waals surface area contributed by atoms with Crippen molar-refractivity contribution >= 4 is 11.8 Å². The lowest BCUT2D eigenvalue weighted by atomic mass is 10.1. The minimum absolute atomic E-state index is 0.0226. The number of hydrogen-bond acceptors (Lipinski definition) is 4. The predicted molar refractivity (Wildman–Crippen MR) is 61.2 cm³/mol. The molecule has 1 rings (SSSR count). The number of methoxy groups -OCH3 is 1. The van der Waals surface area contributed by atoms with Crippen LogP contribution in [0.5, 0.6) is 5.88 Å². The lowest BCUT2D eigenvalue weighted by Crippen LogP contribution is -2.01. The summed E-state index contributed by atoms with van der Waals surface area (Å²) in [5, 5.41) is 8.44. The molecule has 5 nitrogen and oxygen atoms in total. The van der Waals surface area contributed by atoms with Crippen LogP contribution in [-0.4, -0.2) is 29.0 Å². The van der Waals surface area contributed by atoms with Crippen molar-refractivity contribution in [3.8, 4) is 5.88 Å². The molecule has 1 N–H and O–H groups in total. The van der Waals surface area contributed by atoms with Crippen LogP contribution in [0.2, 0.25) is 0 Å². The molecule has 92 valence electrons. The zero-order chi connectivity index (χ0) is 12.7. The second-order valence-corrected chi connectivity index (χ2v) is 3.61. The van der Waals surface area contributed by atoms with Crippen LogP contribution in [0.15, 0.2) is 18.3 Å². The van der Waals surface area contributed by atoms with E-state index in [9.17, 15) is 9.59 Å². The topological polar surface area (TPSA) is 76.5 Å². The summed E-state index contributed by atoms with van der Waals surface area (Å²) in [4.78, 5) is 25.9. The summed E-state index contributed by atoms with van der Waals surface area (Å²) in [5.74, 6) is -0.387. The third-order valence-electron chi connectivity index (χ3n) is 2.31. The monoisotopic (exact) mass is 237 g/mol. The van der Waals surface area contributed by atoms with Gasteiger partial charge in [-0.3, -0.25) is 9.59 Å². The quantitative estimate of drug-likeness (QED) is 0.579. The normalized spacial score (nSPS) is 9.94. The molecule has 0 bridgehead atoms. The Labute approximate surface area is 99.4 Å². The highest BCUT2D eigenvalue weighted by atomic mass is 16.5. The summed E-state index contributed by atoms with van der Waals surface area (Å²) in [6.07, 6.45) is 3.02. The molecule has 0 aliphatic carbocycles. The molecule has 0 amide bonds. The Hall–Kier alpha value is -1.91. The van der Waals surface area contributed by atoms with Gasteiger partial charge < -0.3 is 9.84 Å². The third kappa shape index (κ3) is 4.63. The Morgan fingerprint density at radius 2 is 2.00 bits per heavy atom. The molecule has 0 fully saturated rings. The molecular weight excluding hydrogens is 222 g/mol. The van der Waals surface area contributed by atoms with Crippen LogP contribution in [0.1, 0.15) is 36.0 Å². The van der Waals surface area contributed by atoms with Crippen LogP contribution in [0.25, 0.3) is 0 Å². The van der Waals surface area contributed by atoms with E-state index < -0.39 is 5.97 Å². The molecule has 5 heteroatoms. The molecule has 1 heterocycles. The number of carboxylic acids is 1. The number of carbonyl (C=O) groups is 2. The van der Waals surface area contributed by atoms with E-state index in [-0.39, 0.29) is 12.2 Å². The predicted octanol–water partition coefficient (Wildman–Crippen LogP) is 1.92. The van der Waals surface area contributed by atoms with Crippen molar-refractivity contribution in [3.63, 3.8) is 0 Å². The van der Waals surface area contributed by atoms with Gasteiger partial charge in [-0.05, 0) is 18.9 Å². The van der Waals surface area contributed by atoms with Crippen LogP contribution in [0.4, 0.5) is 0 Å². The van der Waals surface area contributed by atoms with Crippen LogP contribution < -0.4 is 4.74 Å². The Morgan fingerprint density at radius 3 is 2.53 bits per heavy atom. The molecule has 0 saturated heterocycles. The first-order valence-corrected chi connectivity index (χ1v) is 5.38. The number of aromatic nitrogens is 1. The van der Waals surface area contributed by atoms with E-state index in [1.165, 1.54) is 13.3 Å². The molecule has 1 aromatic rings. The minimum Gasteiger partial charge on any atom is -0.481 e. The zero-order valence-corrected chi connectivity index (χ0v) is 9.68. The van der Waals surface area contributed by atoms with E-state index in [1.54, 1.807) is 12.1 Å². The van der Waals surface area contributed by atoms with Crippen LogP contribution in [0.3, 0.4) is 0 Å². The fourth-order valence-electron chi connectivity index (χ4n) is 1.37. The highest BCUT2D eigenvalue weighted by Crippen LogP contribution is 2.11. The van der Waals surface area contributed by atoms with Gasteiger partial charge in [0.25, 0.3) is 0 Å². The largest absolute Gasteiger partial charge is 0.481 e. The van der Waals surface area contributed by atoms with Crippen LogP contribution in [-0.2, 0) is 4.79 Å². The number of aliphatic carboxylic acids is 1. The number of unbranched alkanes of at least 4 members (excludes halogenated alkanes) is 1. The van der Waals surface area contributed by atoms with Crippen LogP contribution in [0, 0.1) is 0 Å². The summed E-state index contributed by atoms with van der Waals surface area (Å²) in [5.41, 5.74) is 0.529. The standard InChI is InChI=1S/C12H15NO4/c1-17-11-7-6-9(8-13-11)10(14)4-2-3-5-12(15)16/h6-8H,2-5H2,1H3,(H,15,16). The van der Waals surface area contributed by atoms with Gasteiger partial charge in [-0.15, -0.1) is 0 Å². The molecular formula is C12H15NO4. The number of pyridine rings is 1. The van der Waals surface area contributed by atoms with Gasteiger partial charge in [0.1, 0.15) is 0 Å². The first kappa shape index (κ1) is 13.2. The second-order valence-electron chi connectivity index (χ2n) is 3.61. The summed E-state index contributed by atoms with van der Waals surface area (Å²) >= 11 is 0. The van der Waals surface area contributed by atoms with E-state index in [0.29, 0.717) is 30.7 Å².